The molecule has 8 rings (SSSR count). The molecule has 204 valence electrons. The molecule has 11 nitrogen and oxygen atoms in total. The first-order valence-corrected chi connectivity index (χ1v) is 13.5. The summed E-state index contributed by atoms with van der Waals surface area (Å²) in [5, 5.41) is 41.2. The fourth-order valence-electron chi connectivity index (χ4n) is 9.18. The van der Waals surface area contributed by atoms with Gasteiger partial charge in [0.25, 0.3) is 0 Å². The Kier molecular flexibility index (Phi) is 4.45. The highest BCUT2D eigenvalue weighted by Gasteiger charge is 3.01. The number of epoxide rings is 3. The van der Waals surface area contributed by atoms with Crippen molar-refractivity contribution in [3.63, 3.8) is 0 Å². The van der Waals surface area contributed by atoms with Gasteiger partial charge in [-0.1, -0.05) is 20.8 Å². The Labute approximate surface area is 213 Å². The van der Waals surface area contributed by atoms with Crippen LogP contribution in [0.4, 0.5) is 0 Å². The minimum atomic E-state index is -1.55. The van der Waals surface area contributed by atoms with E-state index in [-0.39, 0.29) is 41.5 Å². The third-order valence-electron chi connectivity index (χ3n) is 11.2. The van der Waals surface area contributed by atoms with Crippen molar-refractivity contribution in [2.45, 2.75) is 112 Å². The Morgan fingerprint density at radius 1 is 1.08 bits per heavy atom. The van der Waals surface area contributed by atoms with E-state index in [4.69, 9.17) is 28.4 Å². The average molecular weight is 523 g/mol. The van der Waals surface area contributed by atoms with Crippen LogP contribution in [0.2, 0.25) is 0 Å². The molecule has 37 heavy (non-hydrogen) atoms. The molecular formula is C26H34O11. The molecule has 14 atom stereocenters. The van der Waals surface area contributed by atoms with Gasteiger partial charge in [-0.3, -0.25) is 0 Å². The largest absolute Gasteiger partial charge is 0.458 e. The number of ether oxygens (including phenoxy) is 6. The zero-order chi connectivity index (χ0) is 25.9. The maximum Gasteiger partial charge on any atom is 0.334 e. The number of fused-ring (bicyclic) bond motifs is 4. The predicted molar refractivity (Wildman–Crippen MR) is 120 cm³/mol. The van der Waals surface area contributed by atoms with Gasteiger partial charge in [0.1, 0.15) is 60.5 Å². The van der Waals surface area contributed by atoms with Crippen LogP contribution in [0.1, 0.15) is 40.0 Å². The van der Waals surface area contributed by atoms with Crippen molar-refractivity contribution in [2.75, 3.05) is 13.2 Å². The normalized spacial score (nSPS) is 60.5. The zero-order valence-electron chi connectivity index (χ0n) is 21.0. The molecule has 11 heteroatoms. The summed E-state index contributed by atoms with van der Waals surface area (Å²) in [5.74, 6) is -0.111. The Balaban J connectivity index is 1.20. The van der Waals surface area contributed by atoms with E-state index in [0.717, 1.165) is 17.6 Å². The van der Waals surface area contributed by atoms with Crippen LogP contribution in [-0.4, -0.2) is 112 Å². The van der Waals surface area contributed by atoms with Crippen LogP contribution in [0.15, 0.2) is 11.1 Å². The molecule has 0 aromatic rings. The molecule has 4 N–H and O–H groups in total. The summed E-state index contributed by atoms with van der Waals surface area (Å²) >= 11 is 0. The Morgan fingerprint density at radius 2 is 1.86 bits per heavy atom. The van der Waals surface area contributed by atoms with Gasteiger partial charge in [0.15, 0.2) is 11.9 Å². The number of aliphatic hydroxyl groups excluding tert-OH is 4. The number of carbonyl (C=O) groups excluding carboxylic acids is 1. The molecule has 2 unspecified atom stereocenters. The fourth-order valence-corrected chi connectivity index (χ4v) is 9.18. The molecule has 4 saturated heterocycles. The standard InChI is InChI=1S/C26H34O11/c1-9(2)24-18(36-24)19-26(37-19)23(3)5-4-10-11(8-32-20(10)31)12(23)6-14-25(26,35-14)22(24)34-21-17(30)16(29)15(28)13(7-27)33-21/h9,12-19,21-22,27-30H,4-8H2,1-3H3/t12-,13?,14-,15-,16?,17+,18-,19-,21+,22+,23-,24-,25+,26+/m0/s1. The first-order chi connectivity index (χ1) is 17.6. The second kappa shape index (κ2) is 6.94. The summed E-state index contributed by atoms with van der Waals surface area (Å²) in [6.07, 6.45) is -6.18. The van der Waals surface area contributed by atoms with Crippen molar-refractivity contribution in [3.8, 4) is 0 Å². The van der Waals surface area contributed by atoms with Gasteiger partial charge >= 0.3 is 5.97 Å². The van der Waals surface area contributed by atoms with Crippen LogP contribution in [0.3, 0.4) is 0 Å². The molecule has 3 aliphatic carbocycles. The molecule has 2 saturated carbocycles. The van der Waals surface area contributed by atoms with Crippen LogP contribution in [0.5, 0.6) is 0 Å². The monoisotopic (exact) mass is 522 g/mol. The van der Waals surface area contributed by atoms with Gasteiger partial charge in [0.05, 0.1) is 12.7 Å². The Bertz CT molecular complexity index is 1110. The smallest absolute Gasteiger partial charge is 0.334 e. The van der Waals surface area contributed by atoms with Crippen LogP contribution in [0, 0.1) is 17.3 Å². The lowest BCUT2D eigenvalue weighted by Gasteiger charge is -2.54. The summed E-state index contributed by atoms with van der Waals surface area (Å²) in [7, 11) is 0. The van der Waals surface area contributed by atoms with E-state index in [2.05, 4.69) is 20.8 Å². The second-order valence-electron chi connectivity index (χ2n) is 12.7. The van der Waals surface area contributed by atoms with Crippen LogP contribution in [0.25, 0.3) is 0 Å². The lowest BCUT2D eigenvalue weighted by atomic mass is 9.46. The zero-order valence-corrected chi connectivity index (χ0v) is 21.0. The van der Waals surface area contributed by atoms with Crippen LogP contribution >= 0.6 is 0 Å². The first-order valence-electron chi connectivity index (χ1n) is 13.5. The predicted octanol–water partition coefficient (Wildman–Crippen LogP) is -1.07. The number of aliphatic hydroxyl groups is 4. The maximum absolute atomic E-state index is 12.4. The van der Waals surface area contributed by atoms with E-state index in [0.29, 0.717) is 19.4 Å². The third-order valence-corrected chi connectivity index (χ3v) is 11.2. The van der Waals surface area contributed by atoms with Gasteiger partial charge in [-0.15, -0.1) is 0 Å². The second-order valence-corrected chi connectivity index (χ2v) is 12.7. The molecule has 0 aromatic carbocycles. The van der Waals surface area contributed by atoms with Gasteiger partial charge in [0.2, 0.25) is 0 Å². The molecule has 6 fully saturated rings. The number of hydrogen-bond acceptors (Lipinski definition) is 11. The summed E-state index contributed by atoms with van der Waals surface area (Å²) < 4.78 is 37.6. The van der Waals surface area contributed by atoms with Crippen molar-refractivity contribution in [1.82, 2.24) is 0 Å². The molecule has 2 spiro atoms. The van der Waals surface area contributed by atoms with E-state index in [1.54, 1.807) is 0 Å². The van der Waals surface area contributed by atoms with Crippen molar-refractivity contribution >= 4 is 5.97 Å². The lowest BCUT2D eigenvalue weighted by Crippen LogP contribution is -2.71. The minimum absolute atomic E-state index is 0.0286. The van der Waals surface area contributed by atoms with Crippen molar-refractivity contribution in [1.29, 1.82) is 0 Å². The van der Waals surface area contributed by atoms with Crippen LogP contribution in [-0.2, 0) is 33.2 Å². The fraction of sp³-hybridized carbons (Fsp3) is 0.885. The van der Waals surface area contributed by atoms with E-state index < -0.39 is 60.2 Å². The highest BCUT2D eigenvalue weighted by atomic mass is 16.8. The van der Waals surface area contributed by atoms with Crippen molar-refractivity contribution < 1.29 is 53.6 Å². The van der Waals surface area contributed by atoms with Gasteiger partial charge < -0.3 is 48.8 Å². The SMILES string of the molecule is CC(C)[C@]12O[C@H]1[C@@H]1O[C@]13[C@]1(O[C@H]1C[C@H]1C4=C(CC[C@@]13C)C(=O)OC4)[C@@H]2O[C@H]1OC(CO)[C@H](O)C(O)[C@H]1O. The molecule has 5 heterocycles. The minimum Gasteiger partial charge on any atom is -0.458 e. The molecular weight excluding hydrogens is 488 g/mol. The molecule has 0 aromatic heterocycles. The van der Waals surface area contributed by atoms with E-state index in [9.17, 15) is 25.2 Å². The molecule has 0 amide bonds. The number of cyclic esters (lactones) is 1. The first kappa shape index (κ1) is 23.7. The number of esters is 1. The topological polar surface area (TPSA) is 163 Å². The van der Waals surface area contributed by atoms with Crippen LogP contribution < -0.4 is 0 Å². The van der Waals surface area contributed by atoms with Gasteiger partial charge in [-0.2, -0.15) is 0 Å². The highest BCUT2D eigenvalue weighted by molar-refractivity contribution is 5.92. The molecule has 5 aliphatic heterocycles. The summed E-state index contributed by atoms with van der Waals surface area (Å²) in [5.41, 5.74) is -0.753. The van der Waals surface area contributed by atoms with Gasteiger partial charge in [-0.25, -0.2) is 4.79 Å². The van der Waals surface area contributed by atoms with E-state index in [1.165, 1.54) is 0 Å². The summed E-state index contributed by atoms with van der Waals surface area (Å²) in [6, 6.07) is 0. The van der Waals surface area contributed by atoms with E-state index in [1.807, 2.05) is 0 Å². The van der Waals surface area contributed by atoms with Gasteiger partial charge in [-0.05, 0) is 36.7 Å². The number of hydrogen-bond donors (Lipinski definition) is 4. The Hall–Kier alpha value is -1.15. The third kappa shape index (κ3) is 2.41. The molecule has 8 aliphatic rings. The van der Waals surface area contributed by atoms with Crippen molar-refractivity contribution in [3.05, 3.63) is 11.1 Å². The van der Waals surface area contributed by atoms with Gasteiger partial charge in [0, 0.05) is 11.0 Å². The number of rotatable bonds is 4. The molecule has 0 bridgehead atoms. The highest BCUT2D eigenvalue weighted by Crippen LogP contribution is 2.83. The maximum atomic E-state index is 12.4. The van der Waals surface area contributed by atoms with E-state index >= 15 is 0 Å². The lowest BCUT2D eigenvalue weighted by molar-refractivity contribution is -0.325. The quantitative estimate of drug-likeness (QED) is 0.263. The Morgan fingerprint density at radius 3 is 2.59 bits per heavy atom. The average Bonchev–Trinajstić information content (AvgIpc) is 3.77. The molecule has 0 radical (unpaired) electrons. The number of carbonyl (C=O) groups is 1. The summed E-state index contributed by atoms with van der Waals surface area (Å²) in [6.45, 7) is 6.11. The summed E-state index contributed by atoms with van der Waals surface area (Å²) in [4.78, 5) is 12.4. The van der Waals surface area contributed by atoms with Crippen molar-refractivity contribution in [2.24, 2.45) is 17.3 Å².